The zero-order chi connectivity index (χ0) is 22.0. The van der Waals surface area contributed by atoms with Crippen LogP contribution in [0.25, 0.3) is 5.69 Å². The Morgan fingerprint density at radius 2 is 1.81 bits per heavy atom. The second kappa shape index (κ2) is 9.13. The molecule has 6 nitrogen and oxygen atoms in total. The molecule has 9 heteroatoms. The van der Waals surface area contributed by atoms with E-state index in [1.54, 1.807) is 0 Å². The van der Waals surface area contributed by atoms with Crippen LogP contribution in [0.15, 0.2) is 59.5 Å². The molecule has 2 aromatic carbocycles. The number of anilines is 1. The fourth-order valence-corrected chi connectivity index (χ4v) is 4.09. The van der Waals surface area contributed by atoms with Crippen LogP contribution in [0.1, 0.15) is 5.56 Å². The van der Waals surface area contributed by atoms with Gasteiger partial charge in [0, 0.05) is 32.2 Å². The average molecular weight is 447 g/mol. The minimum Gasteiger partial charge on any atom is -0.394 e. The SMILES string of the molecule is O=c1c(Cl)c(N2CCN(Cc3ccccc3)CC2CO)cnn1-c1cc(F)cc(F)c1. The monoisotopic (exact) mass is 446 g/mol. The fraction of sp³-hybridized carbons (Fsp3) is 0.273. The molecule has 1 aliphatic rings. The molecule has 1 unspecified atom stereocenters. The summed E-state index contributed by atoms with van der Waals surface area (Å²) in [6.07, 6.45) is 1.39. The summed E-state index contributed by atoms with van der Waals surface area (Å²) in [5.41, 5.74) is 0.824. The van der Waals surface area contributed by atoms with Crippen molar-refractivity contribution in [1.82, 2.24) is 14.7 Å². The molecule has 1 aromatic heterocycles. The molecule has 1 fully saturated rings. The third-order valence-corrected chi connectivity index (χ3v) is 5.68. The molecule has 3 aromatic rings. The van der Waals surface area contributed by atoms with Crippen LogP contribution in [-0.2, 0) is 6.54 Å². The number of aliphatic hydroxyl groups excluding tert-OH is 1. The van der Waals surface area contributed by atoms with Gasteiger partial charge in [0.25, 0.3) is 5.56 Å². The highest BCUT2D eigenvalue weighted by molar-refractivity contribution is 6.33. The number of piperazine rings is 1. The van der Waals surface area contributed by atoms with Crippen molar-refractivity contribution in [1.29, 1.82) is 0 Å². The number of halogens is 3. The molecule has 0 saturated carbocycles. The molecule has 2 heterocycles. The summed E-state index contributed by atoms with van der Waals surface area (Å²) < 4.78 is 28.0. The topological polar surface area (TPSA) is 61.6 Å². The van der Waals surface area contributed by atoms with Crippen LogP contribution in [0, 0.1) is 11.6 Å². The number of benzene rings is 2. The molecule has 4 rings (SSSR count). The number of aromatic nitrogens is 2. The zero-order valence-corrected chi connectivity index (χ0v) is 17.3. The van der Waals surface area contributed by atoms with Gasteiger partial charge in [0.15, 0.2) is 0 Å². The lowest BCUT2D eigenvalue weighted by Gasteiger charge is -2.42. The average Bonchev–Trinajstić information content (AvgIpc) is 2.76. The molecular formula is C22H21ClF2N4O2. The van der Waals surface area contributed by atoms with Crippen molar-refractivity contribution in [2.75, 3.05) is 31.1 Å². The van der Waals surface area contributed by atoms with Gasteiger partial charge in [-0.2, -0.15) is 9.78 Å². The normalized spacial score (nSPS) is 17.2. The maximum Gasteiger partial charge on any atom is 0.292 e. The van der Waals surface area contributed by atoms with E-state index in [0.29, 0.717) is 31.4 Å². The van der Waals surface area contributed by atoms with E-state index in [9.17, 15) is 18.7 Å². The molecular weight excluding hydrogens is 426 g/mol. The molecule has 1 saturated heterocycles. The maximum absolute atomic E-state index is 13.5. The van der Waals surface area contributed by atoms with Gasteiger partial charge in [0.1, 0.15) is 16.7 Å². The highest BCUT2D eigenvalue weighted by Crippen LogP contribution is 2.26. The van der Waals surface area contributed by atoms with Gasteiger partial charge >= 0.3 is 0 Å². The van der Waals surface area contributed by atoms with Crippen LogP contribution in [-0.4, -0.2) is 52.1 Å². The van der Waals surface area contributed by atoms with Crippen LogP contribution in [0.2, 0.25) is 5.02 Å². The van der Waals surface area contributed by atoms with Gasteiger partial charge in [0.2, 0.25) is 0 Å². The van der Waals surface area contributed by atoms with Crippen LogP contribution in [0.3, 0.4) is 0 Å². The van der Waals surface area contributed by atoms with Crippen molar-refractivity contribution in [2.45, 2.75) is 12.6 Å². The molecule has 0 amide bonds. The van der Waals surface area contributed by atoms with Gasteiger partial charge in [-0.3, -0.25) is 9.69 Å². The molecule has 0 spiro atoms. The second-order valence-corrected chi connectivity index (χ2v) is 7.82. The number of hydrogen-bond acceptors (Lipinski definition) is 5. The zero-order valence-electron chi connectivity index (χ0n) is 16.6. The number of hydrogen-bond donors (Lipinski definition) is 1. The van der Waals surface area contributed by atoms with Crippen molar-refractivity contribution < 1.29 is 13.9 Å². The molecule has 1 atom stereocenters. The lowest BCUT2D eigenvalue weighted by Crippen LogP contribution is -2.55. The van der Waals surface area contributed by atoms with Crippen molar-refractivity contribution in [3.05, 3.63) is 87.3 Å². The van der Waals surface area contributed by atoms with E-state index in [1.807, 2.05) is 23.1 Å². The van der Waals surface area contributed by atoms with Gasteiger partial charge in [-0.15, -0.1) is 0 Å². The molecule has 0 aliphatic carbocycles. The molecule has 1 N–H and O–H groups in total. The lowest BCUT2D eigenvalue weighted by molar-refractivity contribution is 0.164. The number of aliphatic hydroxyl groups is 1. The van der Waals surface area contributed by atoms with Crippen molar-refractivity contribution >= 4 is 17.3 Å². The summed E-state index contributed by atoms with van der Waals surface area (Å²) in [7, 11) is 0. The lowest BCUT2D eigenvalue weighted by atomic mass is 10.1. The molecule has 162 valence electrons. The standard InChI is InChI=1S/C22H21ClF2N4O2/c23-21-20(11-26-29(22(21)31)18-9-16(24)8-17(25)10-18)28-7-6-27(13-19(28)14-30)12-15-4-2-1-3-5-15/h1-5,8-11,19,30H,6-7,12-14H2. The molecule has 31 heavy (non-hydrogen) atoms. The molecule has 1 aliphatic heterocycles. The Hall–Kier alpha value is -2.81. The van der Waals surface area contributed by atoms with Crippen molar-refractivity contribution in [3.8, 4) is 5.69 Å². The molecule has 0 radical (unpaired) electrons. The quantitative estimate of drug-likeness (QED) is 0.653. The van der Waals surface area contributed by atoms with Gasteiger partial charge in [-0.25, -0.2) is 8.78 Å². The van der Waals surface area contributed by atoms with E-state index in [1.165, 1.54) is 11.8 Å². The first-order valence-electron chi connectivity index (χ1n) is 9.84. The van der Waals surface area contributed by atoms with Gasteiger partial charge in [0.05, 0.1) is 30.2 Å². The Bertz CT molecular complexity index is 1110. The summed E-state index contributed by atoms with van der Waals surface area (Å²) in [5, 5.41) is 13.9. The largest absolute Gasteiger partial charge is 0.394 e. The Morgan fingerprint density at radius 3 is 2.48 bits per heavy atom. The molecule has 0 bridgehead atoms. The Morgan fingerprint density at radius 1 is 1.10 bits per heavy atom. The highest BCUT2D eigenvalue weighted by Gasteiger charge is 2.29. The first kappa shape index (κ1) is 21.4. The van der Waals surface area contributed by atoms with Crippen molar-refractivity contribution in [3.63, 3.8) is 0 Å². The fourth-order valence-electron chi connectivity index (χ4n) is 3.85. The Kier molecular flexibility index (Phi) is 6.31. The van der Waals surface area contributed by atoms with Crippen LogP contribution in [0.4, 0.5) is 14.5 Å². The van der Waals surface area contributed by atoms with Gasteiger partial charge < -0.3 is 10.0 Å². The smallest absolute Gasteiger partial charge is 0.292 e. The van der Waals surface area contributed by atoms with Crippen LogP contribution >= 0.6 is 11.6 Å². The second-order valence-electron chi connectivity index (χ2n) is 7.44. The van der Waals surface area contributed by atoms with Crippen LogP contribution < -0.4 is 10.5 Å². The first-order chi connectivity index (χ1) is 15.0. The van der Waals surface area contributed by atoms with Crippen molar-refractivity contribution in [2.24, 2.45) is 0 Å². The summed E-state index contributed by atoms with van der Waals surface area (Å²) >= 11 is 6.35. The minimum atomic E-state index is -0.821. The Labute approximate surface area is 182 Å². The van der Waals surface area contributed by atoms with E-state index < -0.39 is 17.2 Å². The minimum absolute atomic E-state index is 0.0534. The predicted molar refractivity (Wildman–Crippen MR) is 115 cm³/mol. The van der Waals surface area contributed by atoms with Gasteiger partial charge in [-0.05, 0) is 17.7 Å². The third-order valence-electron chi connectivity index (χ3n) is 5.33. The van der Waals surface area contributed by atoms with E-state index >= 15 is 0 Å². The van der Waals surface area contributed by atoms with E-state index in [2.05, 4.69) is 22.1 Å². The summed E-state index contributed by atoms with van der Waals surface area (Å²) in [6, 6.07) is 12.5. The highest BCUT2D eigenvalue weighted by atomic mass is 35.5. The summed E-state index contributed by atoms with van der Waals surface area (Å²) in [6.45, 7) is 2.46. The number of nitrogens with zero attached hydrogens (tertiary/aromatic N) is 4. The Balaban J connectivity index is 1.58. The van der Waals surface area contributed by atoms with Crippen LogP contribution in [0.5, 0.6) is 0 Å². The van der Waals surface area contributed by atoms with E-state index in [-0.39, 0.29) is 23.4 Å². The van der Waals surface area contributed by atoms with E-state index in [4.69, 9.17) is 11.6 Å². The van der Waals surface area contributed by atoms with Gasteiger partial charge in [-0.1, -0.05) is 41.9 Å². The maximum atomic E-state index is 13.5. The summed E-state index contributed by atoms with van der Waals surface area (Å²) in [4.78, 5) is 16.9. The summed E-state index contributed by atoms with van der Waals surface area (Å²) in [5.74, 6) is -1.64. The predicted octanol–water partition coefficient (Wildman–Crippen LogP) is 2.85. The van der Waals surface area contributed by atoms with E-state index in [0.717, 1.165) is 23.4 Å². The number of rotatable bonds is 5. The first-order valence-corrected chi connectivity index (χ1v) is 10.2. The third kappa shape index (κ3) is 4.61.